The number of rotatable bonds is 12. The molecule has 0 unspecified atom stereocenters. The number of nitrogens with zero attached hydrogens (tertiary/aromatic N) is 4. The maximum atomic E-state index is 15.7. The second-order valence-electron chi connectivity index (χ2n) is 10.8. The van der Waals surface area contributed by atoms with Crippen molar-refractivity contribution in [3.8, 4) is 0 Å². The van der Waals surface area contributed by atoms with Crippen LogP contribution in [0.3, 0.4) is 0 Å². The van der Waals surface area contributed by atoms with Crippen LogP contribution in [0.1, 0.15) is 47.8 Å². The molecule has 3 heterocycles. The minimum Gasteiger partial charge on any atom is -0.462 e. The molecule has 1 aliphatic rings. The van der Waals surface area contributed by atoms with Crippen LogP contribution in [-0.4, -0.2) is 84.2 Å². The summed E-state index contributed by atoms with van der Waals surface area (Å²) in [4.78, 5) is 36.4. The molecule has 0 bridgehead atoms. The van der Waals surface area contributed by atoms with Crippen LogP contribution in [-0.2, 0) is 32.7 Å². The van der Waals surface area contributed by atoms with E-state index in [1.807, 2.05) is 0 Å². The van der Waals surface area contributed by atoms with Crippen molar-refractivity contribution >= 4 is 65.1 Å². The van der Waals surface area contributed by atoms with Gasteiger partial charge in [-0.05, 0) is 20.8 Å². The van der Waals surface area contributed by atoms with E-state index in [2.05, 4.69) is 20.0 Å². The highest BCUT2D eigenvalue weighted by atomic mass is 35.5. The number of fused-ring (bicyclic) bond motifs is 1. The third-order valence-corrected chi connectivity index (χ3v) is 9.12. The third-order valence-electron chi connectivity index (χ3n) is 5.75. The lowest BCUT2D eigenvalue weighted by Crippen LogP contribution is -2.39. The zero-order chi connectivity index (χ0) is 31.6. The normalized spacial score (nSPS) is 25.0. The van der Waals surface area contributed by atoms with Gasteiger partial charge in [0.15, 0.2) is 22.8 Å². The summed E-state index contributed by atoms with van der Waals surface area (Å²) in [6.07, 6.45) is -4.46. The lowest BCUT2D eigenvalue weighted by atomic mass is 10.00. The van der Waals surface area contributed by atoms with E-state index in [9.17, 15) is 19.3 Å². The average Bonchev–Trinajstić information content (AvgIpc) is 3.37. The highest BCUT2D eigenvalue weighted by Gasteiger charge is 2.58. The molecule has 0 saturated carbocycles. The Kier molecular flexibility index (Phi) is 10.9. The van der Waals surface area contributed by atoms with Gasteiger partial charge in [-0.3, -0.25) is 23.2 Å². The van der Waals surface area contributed by atoms with Gasteiger partial charge in [-0.25, -0.2) is 19.0 Å². The number of nitrogens with one attached hydrogen (secondary N) is 1. The van der Waals surface area contributed by atoms with Crippen molar-refractivity contribution in [1.29, 1.82) is 0 Å². The molecule has 0 aromatic carbocycles. The van der Waals surface area contributed by atoms with Gasteiger partial charge in [0, 0.05) is 11.2 Å². The Morgan fingerprint density at radius 2 is 1.98 bits per heavy atom. The van der Waals surface area contributed by atoms with Gasteiger partial charge in [-0.15, -0.1) is 0 Å². The molecule has 6 N–H and O–H groups in total. The van der Waals surface area contributed by atoms with Crippen molar-refractivity contribution in [3.63, 3.8) is 0 Å². The van der Waals surface area contributed by atoms with E-state index in [0.29, 0.717) is 0 Å². The zero-order valence-corrected chi connectivity index (χ0v) is 26.4. The van der Waals surface area contributed by atoms with Crippen LogP contribution in [0.2, 0.25) is 0 Å². The number of ether oxygens (including phenoxy) is 2. The van der Waals surface area contributed by atoms with E-state index in [0.717, 1.165) is 22.7 Å². The van der Waals surface area contributed by atoms with E-state index in [-0.39, 0.29) is 40.4 Å². The van der Waals surface area contributed by atoms with Crippen LogP contribution >= 0.6 is 31.1 Å². The van der Waals surface area contributed by atoms with Crippen LogP contribution in [0.5, 0.6) is 0 Å². The minimum atomic E-state index is -4.33. The summed E-state index contributed by atoms with van der Waals surface area (Å²) in [6.45, 7) is 9.03. The molecule has 1 saturated heterocycles. The van der Waals surface area contributed by atoms with Crippen molar-refractivity contribution in [1.82, 2.24) is 24.6 Å². The smallest absolute Gasteiger partial charge is 0.406 e. The third kappa shape index (κ3) is 8.08. The van der Waals surface area contributed by atoms with E-state index in [1.54, 1.807) is 34.6 Å². The van der Waals surface area contributed by atoms with Crippen LogP contribution in [0.15, 0.2) is 6.33 Å². The number of halogens is 2. The molecular formula is C23H36ClFN7O8PS. The van der Waals surface area contributed by atoms with Crippen molar-refractivity contribution in [2.24, 2.45) is 5.41 Å². The van der Waals surface area contributed by atoms with E-state index < -0.39 is 61.4 Å². The number of nitrogen functional groups attached to an aromatic ring is 2. The lowest BCUT2D eigenvalue weighted by molar-refractivity contribution is -0.149. The molecular weight excluding hydrogens is 620 g/mol. The lowest BCUT2D eigenvalue weighted by Gasteiger charge is -2.25. The van der Waals surface area contributed by atoms with Gasteiger partial charge in [0.1, 0.15) is 23.8 Å². The molecule has 3 rings (SSSR count). The number of imidazole rings is 1. The van der Waals surface area contributed by atoms with E-state index in [4.69, 9.17) is 41.6 Å². The molecule has 0 aliphatic carbocycles. The maximum Gasteiger partial charge on any atom is 0.406 e. The Balaban J connectivity index is 1.76. The first-order valence-corrected chi connectivity index (χ1v) is 15.8. The highest BCUT2D eigenvalue weighted by Crippen LogP contribution is 2.49. The second kappa shape index (κ2) is 13.3. The second-order valence-corrected chi connectivity index (χ2v) is 14.2. The number of anilines is 2. The topological polar surface area (TPSA) is 216 Å². The number of hydrogen-bond donors (Lipinski definition) is 4. The van der Waals surface area contributed by atoms with E-state index in [1.165, 1.54) is 6.92 Å². The van der Waals surface area contributed by atoms with Crippen molar-refractivity contribution in [2.75, 3.05) is 30.4 Å². The summed E-state index contributed by atoms with van der Waals surface area (Å²) in [6, 6.07) is -1.15. The number of alkyl halides is 2. The monoisotopic (exact) mass is 655 g/mol. The largest absolute Gasteiger partial charge is 0.462 e. The summed E-state index contributed by atoms with van der Waals surface area (Å²) in [5.74, 6) is -0.887. The first-order chi connectivity index (χ1) is 19.4. The molecule has 6 atom stereocenters. The number of carbonyl (C=O) groups is 2. The Bertz CT molecular complexity index is 1340. The van der Waals surface area contributed by atoms with E-state index >= 15 is 4.39 Å². The van der Waals surface area contributed by atoms with Gasteiger partial charge in [0.2, 0.25) is 5.95 Å². The SMILES string of the molecule is CC(C)OC(=O)[C@@H](C)N[P@@](=O)(OCCSC(=O)C(C)(C)C)OC[C@H]1O[C@@H](n2cnc3c(N)nc(N)nc32)[C@](F)(Cl)[C@@H]1O. The van der Waals surface area contributed by atoms with Crippen LogP contribution in [0.25, 0.3) is 11.2 Å². The number of hydrogen-bond acceptors (Lipinski definition) is 14. The Labute approximate surface area is 251 Å². The minimum absolute atomic E-state index is 0.00286. The molecule has 19 heteroatoms. The predicted octanol–water partition coefficient (Wildman–Crippen LogP) is 2.53. The highest BCUT2D eigenvalue weighted by molar-refractivity contribution is 8.13. The number of nitrogens with two attached hydrogens (primary N) is 2. The molecule has 236 valence electrons. The van der Waals surface area contributed by atoms with Gasteiger partial charge < -0.3 is 26.0 Å². The fourth-order valence-electron chi connectivity index (χ4n) is 3.65. The molecule has 1 aliphatic heterocycles. The van der Waals surface area contributed by atoms with Crippen LogP contribution in [0.4, 0.5) is 16.2 Å². The van der Waals surface area contributed by atoms with Gasteiger partial charge in [-0.1, -0.05) is 44.1 Å². The van der Waals surface area contributed by atoms with Crippen molar-refractivity contribution in [2.45, 2.75) is 77.3 Å². The van der Waals surface area contributed by atoms with Gasteiger partial charge in [0.25, 0.3) is 5.13 Å². The summed E-state index contributed by atoms with van der Waals surface area (Å²) >= 11 is 7.05. The summed E-state index contributed by atoms with van der Waals surface area (Å²) < 4.78 is 52.2. The zero-order valence-electron chi connectivity index (χ0n) is 23.9. The molecule has 0 radical (unpaired) electrons. The molecule has 0 amide bonds. The molecule has 1 fully saturated rings. The van der Waals surface area contributed by atoms with Gasteiger partial charge >= 0.3 is 13.7 Å². The van der Waals surface area contributed by atoms with Crippen molar-refractivity contribution < 1.29 is 42.2 Å². The molecule has 2 aromatic heterocycles. The first-order valence-electron chi connectivity index (χ1n) is 12.9. The van der Waals surface area contributed by atoms with Crippen LogP contribution < -0.4 is 16.6 Å². The predicted molar refractivity (Wildman–Crippen MR) is 154 cm³/mol. The molecule has 42 heavy (non-hydrogen) atoms. The number of aliphatic hydroxyl groups excluding tert-OH is 1. The number of carbonyl (C=O) groups excluding carboxylic acids is 2. The first kappa shape index (κ1) is 34.4. The standard InChI is InChI=1S/C23H36ClFN7O8PS/c1-11(2)39-18(34)12(3)31-41(36,37-7-8-42-20(35)22(4,5)6)38-9-13-15(33)23(24,25)19(40-13)32-10-28-14-16(26)29-21(27)30-17(14)32/h10-13,15,19,33H,7-9H2,1-6H3,(H,31,36)(H4,26,27,29,30)/t12-,13-,15-,19-,23+,41-/m1/s1. The summed E-state index contributed by atoms with van der Waals surface area (Å²) in [7, 11) is -4.33. The average molecular weight is 656 g/mol. The number of thioether (sulfide) groups is 1. The molecule has 2 aromatic rings. The Morgan fingerprint density at radius 1 is 1.31 bits per heavy atom. The molecule has 15 nitrogen and oxygen atoms in total. The quantitative estimate of drug-likeness (QED) is 0.112. The summed E-state index contributed by atoms with van der Waals surface area (Å²) in [5, 5.41) is 10.1. The van der Waals surface area contributed by atoms with Gasteiger partial charge in [0.05, 0.1) is 25.6 Å². The fourth-order valence-corrected chi connectivity index (χ4v) is 6.33. The Hall–Kier alpha value is -2.11. The van der Waals surface area contributed by atoms with Crippen LogP contribution in [0, 0.1) is 5.41 Å². The van der Waals surface area contributed by atoms with Gasteiger partial charge in [-0.2, -0.15) is 9.97 Å². The number of aromatic nitrogens is 4. The van der Waals surface area contributed by atoms with Crippen molar-refractivity contribution in [3.05, 3.63) is 6.33 Å². The Morgan fingerprint density at radius 3 is 2.60 bits per heavy atom. The maximum absolute atomic E-state index is 15.7. The fraction of sp³-hybridized carbons (Fsp3) is 0.696. The number of esters is 1. The molecule has 0 spiro atoms. The summed E-state index contributed by atoms with van der Waals surface area (Å²) in [5.41, 5.74) is 11.0. The number of aliphatic hydroxyl groups is 1.